The van der Waals surface area contributed by atoms with Gasteiger partial charge in [-0.05, 0) is 36.4 Å². The Morgan fingerprint density at radius 3 is 3.19 bits per heavy atom. The molecule has 0 aliphatic carbocycles. The Kier molecular flexibility index (Phi) is 3.58. The number of nitrogens with two attached hydrogens (primary N) is 1. The monoisotopic (exact) mass is 240 g/mol. The number of aromatic carboxylic acids is 1. The van der Waals surface area contributed by atoms with Gasteiger partial charge >= 0.3 is 5.97 Å². The topological polar surface area (TPSA) is 66.6 Å². The van der Waals surface area contributed by atoms with Gasteiger partial charge in [0.15, 0.2) is 0 Å². The van der Waals surface area contributed by atoms with Gasteiger partial charge in [0, 0.05) is 19.1 Å². The van der Waals surface area contributed by atoms with Gasteiger partial charge in [0.1, 0.15) is 4.88 Å². The molecular weight excluding hydrogens is 224 g/mol. The second-order valence-corrected chi connectivity index (χ2v) is 5.13. The van der Waals surface area contributed by atoms with Crippen LogP contribution < -0.4 is 5.73 Å². The number of rotatable bonds is 3. The van der Waals surface area contributed by atoms with Crippen molar-refractivity contribution >= 4 is 17.3 Å². The van der Waals surface area contributed by atoms with Gasteiger partial charge in [-0.15, -0.1) is 11.3 Å². The fourth-order valence-electron chi connectivity index (χ4n) is 2.12. The van der Waals surface area contributed by atoms with E-state index in [2.05, 4.69) is 4.90 Å². The Morgan fingerprint density at radius 1 is 1.69 bits per heavy atom. The molecule has 0 bridgehead atoms. The molecule has 1 aliphatic rings. The number of carbonyl (C=O) groups is 1. The summed E-state index contributed by atoms with van der Waals surface area (Å²) in [5, 5.41) is 10.8. The average Bonchev–Trinajstić information content (AvgIpc) is 2.66. The van der Waals surface area contributed by atoms with Gasteiger partial charge in [-0.3, -0.25) is 4.90 Å². The number of likely N-dealkylation sites (tertiary alicyclic amines) is 1. The molecule has 1 aromatic rings. The molecule has 3 N–H and O–H groups in total. The molecular formula is C11H16N2O2S. The minimum absolute atomic E-state index is 0.237. The van der Waals surface area contributed by atoms with Crippen molar-refractivity contribution in [3.63, 3.8) is 0 Å². The maximum Gasteiger partial charge on any atom is 0.346 e. The van der Waals surface area contributed by atoms with Crippen molar-refractivity contribution in [3.8, 4) is 0 Å². The molecule has 1 aliphatic heterocycles. The molecule has 0 aromatic carbocycles. The molecule has 0 spiro atoms. The van der Waals surface area contributed by atoms with Crippen molar-refractivity contribution in [1.29, 1.82) is 0 Å². The third-order valence-electron chi connectivity index (χ3n) is 2.88. The highest BCUT2D eigenvalue weighted by Gasteiger charge is 2.19. The van der Waals surface area contributed by atoms with Crippen LogP contribution in [0.15, 0.2) is 11.4 Å². The average molecular weight is 240 g/mol. The van der Waals surface area contributed by atoms with Gasteiger partial charge in [0.25, 0.3) is 0 Å². The highest BCUT2D eigenvalue weighted by Crippen LogP contribution is 2.20. The number of carboxylic acids is 1. The number of piperidine rings is 1. The summed E-state index contributed by atoms with van der Waals surface area (Å²) in [6.45, 7) is 2.59. The molecule has 1 saturated heterocycles. The first kappa shape index (κ1) is 11.6. The minimum Gasteiger partial charge on any atom is -0.477 e. The smallest absolute Gasteiger partial charge is 0.346 e. The van der Waals surface area contributed by atoms with E-state index in [0.717, 1.165) is 31.5 Å². The van der Waals surface area contributed by atoms with Crippen LogP contribution in [0.4, 0.5) is 0 Å². The Bertz CT molecular complexity index is 378. The van der Waals surface area contributed by atoms with Gasteiger partial charge in [-0.25, -0.2) is 4.79 Å². The van der Waals surface area contributed by atoms with Crippen LogP contribution >= 0.6 is 11.3 Å². The van der Waals surface area contributed by atoms with E-state index in [1.54, 1.807) is 0 Å². The highest BCUT2D eigenvalue weighted by molar-refractivity contribution is 7.12. The van der Waals surface area contributed by atoms with Crippen LogP contribution in [0.2, 0.25) is 0 Å². The van der Waals surface area contributed by atoms with Crippen molar-refractivity contribution in [1.82, 2.24) is 4.90 Å². The lowest BCUT2D eigenvalue weighted by Crippen LogP contribution is -2.42. The third-order valence-corrected chi connectivity index (χ3v) is 3.82. The molecule has 0 amide bonds. The molecule has 1 unspecified atom stereocenters. The van der Waals surface area contributed by atoms with Crippen molar-refractivity contribution in [3.05, 3.63) is 21.9 Å². The summed E-state index contributed by atoms with van der Waals surface area (Å²) >= 11 is 1.29. The van der Waals surface area contributed by atoms with Gasteiger partial charge in [0.05, 0.1) is 0 Å². The first-order chi connectivity index (χ1) is 7.66. The van der Waals surface area contributed by atoms with E-state index in [0.29, 0.717) is 11.4 Å². The van der Waals surface area contributed by atoms with E-state index in [1.807, 2.05) is 11.4 Å². The molecule has 16 heavy (non-hydrogen) atoms. The van der Waals surface area contributed by atoms with Crippen molar-refractivity contribution in [2.24, 2.45) is 5.73 Å². The summed E-state index contributed by atoms with van der Waals surface area (Å²) in [7, 11) is 0. The van der Waals surface area contributed by atoms with Gasteiger partial charge in [-0.2, -0.15) is 0 Å². The minimum atomic E-state index is -0.827. The summed E-state index contributed by atoms with van der Waals surface area (Å²) in [5.74, 6) is -0.827. The fraction of sp³-hybridized carbons (Fsp3) is 0.545. The Morgan fingerprint density at radius 2 is 2.50 bits per heavy atom. The molecule has 5 heteroatoms. The van der Waals surface area contributed by atoms with E-state index in [1.165, 1.54) is 11.3 Å². The van der Waals surface area contributed by atoms with E-state index in [4.69, 9.17) is 10.8 Å². The van der Waals surface area contributed by atoms with Crippen molar-refractivity contribution in [2.45, 2.75) is 25.4 Å². The van der Waals surface area contributed by atoms with Crippen molar-refractivity contribution < 1.29 is 9.90 Å². The van der Waals surface area contributed by atoms with Gasteiger partial charge in [0.2, 0.25) is 0 Å². The summed E-state index contributed by atoms with van der Waals surface area (Å²) in [6.07, 6.45) is 2.18. The molecule has 2 rings (SSSR count). The number of hydrogen-bond donors (Lipinski definition) is 2. The molecule has 0 saturated carbocycles. The van der Waals surface area contributed by atoms with Gasteiger partial charge in [-0.1, -0.05) is 0 Å². The predicted molar refractivity (Wildman–Crippen MR) is 63.8 cm³/mol. The van der Waals surface area contributed by atoms with E-state index >= 15 is 0 Å². The number of carboxylic acid groups (broad SMARTS) is 1. The highest BCUT2D eigenvalue weighted by atomic mass is 32.1. The Labute approximate surface area is 98.7 Å². The molecule has 0 radical (unpaired) electrons. The lowest BCUT2D eigenvalue weighted by molar-refractivity contribution is 0.0699. The molecule has 2 heterocycles. The zero-order valence-electron chi connectivity index (χ0n) is 9.06. The molecule has 1 fully saturated rings. The summed E-state index contributed by atoms with van der Waals surface area (Å²) in [5.41, 5.74) is 6.81. The molecule has 1 aromatic heterocycles. The van der Waals surface area contributed by atoms with Crippen molar-refractivity contribution in [2.75, 3.05) is 13.1 Å². The Hall–Kier alpha value is -0.910. The standard InChI is InChI=1S/C11H16N2O2S/c12-9-2-1-4-13(7-9)6-8-3-5-16-10(8)11(14)15/h3,5,9H,1-2,4,6-7,12H2,(H,14,15). The third kappa shape index (κ3) is 2.61. The number of nitrogens with zero attached hydrogens (tertiary/aromatic N) is 1. The lowest BCUT2D eigenvalue weighted by Gasteiger charge is -2.30. The SMILES string of the molecule is NC1CCCN(Cc2ccsc2C(=O)O)C1. The maximum atomic E-state index is 11.0. The van der Waals surface area contributed by atoms with Crippen LogP contribution in [0.3, 0.4) is 0 Å². The number of hydrogen-bond acceptors (Lipinski definition) is 4. The maximum absolute atomic E-state index is 11.0. The van der Waals surface area contributed by atoms with E-state index in [-0.39, 0.29) is 6.04 Å². The van der Waals surface area contributed by atoms with Crippen LogP contribution in [0, 0.1) is 0 Å². The zero-order valence-corrected chi connectivity index (χ0v) is 9.87. The van der Waals surface area contributed by atoms with Crippen LogP contribution in [-0.4, -0.2) is 35.1 Å². The molecule has 1 atom stereocenters. The zero-order chi connectivity index (χ0) is 11.5. The number of thiophene rings is 1. The van der Waals surface area contributed by atoms with Crippen LogP contribution in [0.5, 0.6) is 0 Å². The quantitative estimate of drug-likeness (QED) is 0.837. The summed E-state index contributed by atoms with van der Waals surface area (Å²) in [6, 6.07) is 2.13. The van der Waals surface area contributed by atoms with E-state index < -0.39 is 5.97 Å². The Balaban J connectivity index is 2.02. The van der Waals surface area contributed by atoms with Crippen LogP contribution in [0.1, 0.15) is 28.1 Å². The second kappa shape index (κ2) is 4.95. The summed E-state index contributed by atoms with van der Waals surface area (Å²) < 4.78 is 0. The molecule has 4 nitrogen and oxygen atoms in total. The van der Waals surface area contributed by atoms with E-state index in [9.17, 15) is 4.79 Å². The normalized spacial score (nSPS) is 22.2. The van der Waals surface area contributed by atoms with Crippen LogP contribution in [-0.2, 0) is 6.54 Å². The fourth-order valence-corrected chi connectivity index (χ4v) is 2.88. The second-order valence-electron chi connectivity index (χ2n) is 4.22. The molecule has 88 valence electrons. The summed E-state index contributed by atoms with van der Waals surface area (Å²) in [4.78, 5) is 13.7. The predicted octanol–water partition coefficient (Wildman–Crippen LogP) is 1.37. The van der Waals surface area contributed by atoms with Gasteiger partial charge < -0.3 is 10.8 Å². The largest absolute Gasteiger partial charge is 0.477 e. The first-order valence-corrected chi connectivity index (χ1v) is 6.32. The first-order valence-electron chi connectivity index (χ1n) is 5.44. The lowest BCUT2D eigenvalue weighted by atomic mass is 10.1. The van der Waals surface area contributed by atoms with Crippen LogP contribution in [0.25, 0.3) is 0 Å².